The summed E-state index contributed by atoms with van der Waals surface area (Å²) in [5.41, 5.74) is 13.0. The first-order valence-corrected chi connectivity index (χ1v) is 18.0. The van der Waals surface area contributed by atoms with Crippen LogP contribution in [0, 0.1) is 13.8 Å². The average molecular weight is 638 g/mol. The SMILES string of the molecule is Cc1ccc2c(c1)c1cc(C)ccc1n2-c1cccc2c1sc1c(-c3ccccc3)cc(-c3cccc4c3SC3C=CC=CC43)cc12. The number of thiophene rings is 1. The lowest BCUT2D eigenvalue weighted by Crippen LogP contribution is -2.06. The van der Waals surface area contributed by atoms with Gasteiger partial charge in [0, 0.05) is 47.9 Å². The number of rotatable bonds is 3. The summed E-state index contributed by atoms with van der Waals surface area (Å²) in [6, 6.07) is 43.4. The number of thioether (sulfide) groups is 1. The molecule has 224 valence electrons. The van der Waals surface area contributed by atoms with Crippen LogP contribution in [0.3, 0.4) is 0 Å². The number of nitrogens with zero attached hydrogens (tertiary/aromatic N) is 1. The molecule has 3 heterocycles. The summed E-state index contributed by atoms with van der Waals surface area (Å²) in [5, 5.41) is 5.74. The Kier molecular flexibility index (Phi) is 6.00. The minimum absolute atomic E-state index is 0.445. The van der Waals surface area contributed by atoms with Gasteiger partial charge in [-0.15, -0.1) is 23.1 Å². The van der Waals surface area contributed by atoms with Crippen molar-refractivity contribution in [1.29, 1.82) is 0 Å². The third-order valence-electron chi connectivity index (χ3n) is 10.0. The maximum Gasteiger partial charge on any atom is 0.0640 e. The first kappa shape index (κ1) is 27.3. The fraction of sp³-hybridized carbons (Fsp3) is 0.0909. The standard InChI is InChI=1S/C44H31NS2/c1-26-18-20-38-35(22-26)36-23-27(2)19-21-39(36)45(38)40-16-9-15-33-37-25-29(24-34(43(37)47-44(33)40)28-10-4-3-5-11-28)30-13-8-14-32-31-12-6-7-17-41(31)46-42(30)32/h3-25,31,41H,1-2H3. The Morgan fingerprint density at radius 3 is 2.09 bits per heavy atom. The van der Waals surface area contributed by atoms with Gasteiger partial charge in [-0.3, -0.25) is 0 Å². The molecule has 3 heteroatoms. The van der Waals surface area contributed by atoms with E-state index < -0.39 is 0 Å². The molecule has 0 amide bonds. The van der Waals surface area contributed by atoms with E-state index in [2.05, 4.69) is 158 Å². The van der Waals surface area contributed by atoms with E-state index in [1.165, 1.54) is 91.5 Å². The lowest BCUT2D eigenvalue weighted by molar-refractivity contribution is 0.881. The molecule has 10 rings (SSSR count). The van der Waals surface area contributed by atoms with Gasteiger partial charge in [0.25, 0.3) is 0 Å². The van der Waals surface area contributed by atoms with E-state index in [1.807, 2.05) is 23.1 Å². The predicted octanol–water partition coefficient (Wildman–Crippen LogP) is 12.8. The molecule has 2 unspecified atom stereocenters. The van der Waals surface area contributed by atoms with E-state index in [1.54, 1.807) is 0 Å². The maximum atomic E-state index is 2.49. The van der Waals surface area contributed by atoms with Crippen molar-refractivity contribution in [2.75, 3.05) is 0 Å². The molecule has 1 nitrogen and oxygen atoms in total. The van der Waals surface area contributed by atoms with Crippen molar-refractivity contribution in [2.24, 2.45) is 0 Å². The Morgan fingerprint density at radius 2 is 1.30 bits per heavy atom. The largest absolute Gasteiger partial charge is 0.308 e. The molecular weight excluding hydrogens is 607 g/mol. The van der Waals surface area contributed by atoms with Crippen LogP contribution in [0.15, 0.2) is 144 Å². The highest BCUT2D eigenvalue weighted by atomic mass is 32.2. The zero-order valence-electron chi connectivity index (χ0n) is 26.2. The summed E-state index contributed by atoms with van der Waals surface area (Å²) < 4.78 is 5.16. The molecule has 2 atom stereocenters. The number of benzene rings is 6. The second-order valence-electron chi connectivity index (χ2n) is 13.0. The third-order valence-corrected chi connectivity index (χ3v) is 12.7. The van der Waals surface area contributed by atoms with Gasteiger partial charge >= 0.3 is 0 Å². The van der Waals surface area contributed by atoms with Gasteiger partial charge in [0.2, 0.25) is 0 Å². The quantitative estimate of drug-likeness (QED) is 0.187. The van der Waals surface area contributed by atoms with Crippen molar-refractivity contribution in [1.82, 2.24) is 4.57 Å². The molecule has 8 aromatic rings. The highest BCUT2D eigenvalue weighted by Crippen LogP contribution is 2.53. The van der Waals surface area contributed by atoms with Crippen LogP contribution in [0.1, 0.15) is 22.6 Å². The van der Waals surface area contributed by atoms with Crippen molar-refractivity contribution in [3.8, 4) is 27.9 Å². The van der Waals surface area contributed by atoms with Gasteiger partial charge in [-0.05, 0) is 78.6 Å². The highest BCUT2D eigenvalue weighted by molar-refractivity contribution is 8.00. The van der Waals surface area contributed by atoms with Gasteiger partial charge in [-0.2, -0.15) is 0 Å². The Labute approximate surface area is 282 Å². The molecule has 0 spiro atoms. The van der Waals surface area contributed by atoms with Gasteiger partial charge in [0.05, 0.1) is 21.4 Å². The molecule has 2 aliphatic rings. The number of fused-ring (bicyclic) bond motifs is 9. The van der Waals surface area contributed by atoms with Crippen LogP contribution < -0.4 is 0 Å². The van der Waals surface area contributed by atoms with Crippen LogP contribution >= 0.6 is 23.1 Å². The topological polar surface area (TPSA) is 4.93 Å². The molecule has 0 saturated heterocycles. The molecule has 0 saturated carbocycles. The zero-order valence-corrected chi connectivity index (χ0v) is 27.8. The minimum Gasteiger partial charge on any atom is -0.308 e. The predicted molar refractivity (Wildman–Crippen MR) is 205 cm³/mol. The fourth-order valence-electron chi connectivity index (χ4n) is 7.85. The van der Waals surface area contributed by atoms with Gasteiger partial charge in [0.15, 0.2) is 0 Å². The molecule has 1 aliphatic carbocycles. The lowest BCUT2D eigenvalue weighted by atomic mass is 9.89. The molecule has 1 aliphatic heterocycles. The zero-order chi connectivity index (χ0) is 31.2. The lowest BCUT2D eigenvalue weighted by Gasteiger charge is -2.14. The van der Waals surface area contributed by atoms with E-state index >= 15 is 0 Å². The smallest absolute Gasteiger partial charge is 0.0640 e. The Balaban J connectivity index is 1.27. The highest BCUT2D eigenvalue weighted by Gasteiger charge is 2.33. The van der Waals surface area contributed by atoms with Crippen LogP contribution in [0.2, 0.25) is 0 Å². The first-order chi connectivity index (χ1) is 23.1. The number of aromatic nitrogens is 1. The second kappa shape index (κ2) is 10.3. The van der Waals surface area contributed by atoms with Crippen molar-refractivity contribution in [3.05, 3.63) is 156 Å². The Bertz CT molecular complexity index is 2570. The Hall–Kier alpha value is -4.83. The maximum absolute atomic E-state index is 2.49. The summed E-state index contributed by atoms with van der Waals surface area (Å²) in [5.74, 6) is 0.445. The molecule has 0 bridgehead atoms. The van der Waals surface area contributed by atoms with Crippen LogP contribution in [0.25, 0.3) is 69.9 Å². The van der Waals surface area contributed by atoms with Gasteiger partial charge in [-0.1, -0.05) is 108 Å². The number of hydrogen-bond acceptors (Lipinski definition) is 2. The third kappa shape index (κ3) is 4.10. The van der Waals surface area contributed by atoms with Gasteiger partial charge in [-0.25, -0.2) is 0 Å². The second-order valence-corrected chi connectivity index (χ2v) is 15.2. The van der Waals surface area contributed by atoms with E-state index in [4.69, 9.17) is 0 Å². The van der Waals surface area contributed by atoms with Gasteiger partial charge < -0.3 is 4.57 Å². The number of aryl methyl sites for hydroxylation is 2. The summed E-state index contributed by atoms with van der Waals surface area (Å²) in [7, 11) is 0. The molecule has 47 heavy (non-hydrogen) atoms. The van der Waals surface area contributed by atoms with Crippen molar-refractivity contribution in [3.63, 3.8) is 0 Å². The van der Waals surface area contributed by atoms with Crippen molar-refractivity contribution >= 4 is 65.1 Å². The minimum atomic E-state index is 0.445. The Morgan fingerprint density at radius 1 is 0.553 bits per heavy atom. The summed E-state index contributed by atoms with van der Waals surface area (Å²) in [6.07, 6.45) is 9.14. The van der Waals surface area contributed by atoms with Crippen LogP contribution in [-0.4, -0.2) is 9.82 Å². The molecule has 2 aromatic heterocycles. The summed E-state index contributed by atoms with van der Waals surface area (Å²) >= 11 is 3.95. The van der Waals surface area contributed by atoms with Crippen LogP contribution in [-0.2, 0) is 0 Å². The number of hydrogen-bond donors (Lipinski definition) is 0. The van der Waals surface area contributed by atoms with E-state index in [0.717, 1.165) is 0 Å². The normalized spacial score (nSPS) is 16.9. The molecule has 0 fully saturated rings. The molecule has 0 radical (unpaired) electrons. The van der Waals surface area contributed by atoms with Crippen LogP contribution in [0.4, 0.5) is 0 Å². The molecular formula is C44H31NS2. The van der Waals surface area contributed by atoms with Crippen molar-refractivity contribution in [2.45, 2.75) is 29.9 Å². The summed E-state index contributed by atoms with van der Waals surface area (Å²) in [4.78, 5) is 1.42. The average Bonchev–Trinajstić information content (AvgIpc) is 3.77. The van der Waals surface area contributed by atoms with Crippen molar-refractivity contribution < 1.29 is 0 Å². The van der Waals surface area contributed by atoms with E-state index in [9.17, 15) is 0 Å². The molecule has 6 aromatic carbocycles. The van der Waals surface area contributed by atoms with Crippen LogP contribution in [0.5, 0.6) is 0 Å². The summed E-state index contributed by atoms with van der Waals surface area (Å²) in [6.45, 7) is 4.38. The molecule has 0 N–H and O–H groups in total. The number of allylic oxidation sites excluding steroid dienone is 3. The fourth-order valence-corrected chi connectivity index (χ4v) is 10.7. The first-order valence-electron chi connectivity index (χ1n) is 16.3. The van der Waals surface area contributed by atoms with E-state index in [-0.39, 0.29) is 0 Å². The van der Waals surface area contributed by atoms with Gasteiger partial charge in [0.1, 0.15) is 0 Å². The monoisotopic (exact) mass is 637 g/mol. The van der Waals surface area contributed by atoms with E-state index in [0.29, 0.717) is 11.2 Å².